The Labute approximate surface area is 185 Å². The lowest BCUT2D eigenvalue weighted by molar-refractivity contribution is -0.137. The van der Waals surface area contributed by atoms with Crippen molar-refractivity contribution < 1.29 is 27.5 Å². The van der Waals surface area contributed by atoms with Crippen LogP contribution in [0.15, 0.2) is 53.7 Å². The van der Waals surface area contributed by atoms with Gasteiger partial charge in [0.25, 0.3) is 5.91 Å². The third kappa shape index (κ3) is 6.73. The second-order valence-electron chi connectivity index (χ2n) is 7.61. The van der Waals surface area contributed by atoms with Gasteiger partial charge in [0.1, 0.15) is 12.4 Å². The highest BCUT2D eigenvalue weighted by molar-refractivity contribution is 6.00. The van der Waals surface area contributed by atoms with Gasteiger partial charge in [0, 0.05) is 13.1 Å². The molecule has 1 fully saturated rings. The summed E-state index contributed by atoms with van der Waals surface area (Å²) in [5, 5.41) is 4.14. The first-order chi connectivity index (χ1) is 15.4. The zero-order valence-corrected chi connectivity index (χ0v) is 18.0. The molecule has 0 spiro atoms. The highest BCUT2D eigenvalue weighted by Crippen LogP contribution is 2.29. The van der Waals surface area contributed by atoms with Gasteiger partial charge in [0.05, 0.1) is 11.3 Å². The summed E-state index contributed by atoms with van der Waals surface area (Å²) in [4.78, 5) is 19.4. The van der Waals surface area contributed by atoms with Gasteiger partial charge in [-0.15, -0.1) is 0 Å². The Kier molecular flexibility index (Phi) is 8.14. The summed E-state index contributed by atoms with van der Waals surface area (Å²) in [5.41, 5.74) is 1.45. The molecule has 0 aliphatic carbocycles. The van der Waals surface area contributed by atoms with Gasteiger partial charge in [0.15, 0.2) is 6.61 Å². The van der Waals surface area contributed by atoms with Crippen LogP contribution in [0.2, 0.25) is 0 Å². The maximum absolute atomic E-state index is 12.6. The lowest BCUT2D eigenvalue weighted by atomic mass is 10.1. The Bertz CT molecular complexity index is 904. The first-order valence-corrected chi connectivity index (χ1v) is 10.7. The van der Waals surface area contributed by atoms with E-state index in [1.165, 1.54) is 18.6 Å². The molecule has 172 valence electrons. The Morgan fingerprint density at radius 2 is 1.66 bits per heavy atom. The van der Waals surface area contributed by atoms with Crippen molar-refractivity contribution in [3.63, 3.8) is 0 Å². The van der Waals surface area contributed by atoms with Crippen molar-refractivity contribution in [2.24, 2.45) is 5.16 Å². The Balaban J connectivity index is 1.51. The van der Waals surface area contributed by atoms with E-state index in [9.17, 15) is 18.0 Å². The summed E-state index contributed by atoms with van der Waals surface area (Å²) >= 11 is 0. The van der Waals surface area contributed by atoms with Crippen LogP contribution in [0.5, 0.6) is 5.75 Å². The molecule has 1 aliphatic rings. The fraction of sp³-hybridized carbons (Fsp3) is 0.417. The Morgan fingerprint density at radius 3 is 2.25 bits per heavy atom. The molecule has 5 nitrogen and oxygen atoms in total. The monoisotopic (exact) mass is 448 g/mol. The molecule has 1 saturated heterocycles. The van der Waals surface area contributed by atoms with Crippen molar-refractivity contribution in [1.29, 1.82) is 0 Å². The minimum absolute atomic E-state index is 0.00116. The molecule has 0 unspecified atom stereocenters. The fourth-order valence-corrected chi connectivity index (χ4v) is 3.42. The molecule has 0 atom stereocenters. The van der Waals surface area contributed by atoms with E-state index in [1.54, 1.807) is 12.1 Å². The molecule has 32 heavy (non-hydrogen) atoms. The predicted octanol–water partition coefficient (Wildman–Crippen LogP) is 5.43. The van der Waals surface area contributed by atoms with Gasteiger partial charge in [-0.3, -0.25) is 4.79 Å². The zero-order chi connectivity index (χ0) is 23.0. The molecular weight excluding hydrogens is 421 g/mol. The van der Waals surface area contributed by atoms with Crippen molar-refractivity contribution in [2.75, 3.05) is 19.7 Å². The SMILES string of the molecule is CC/C(=N\OCc1ccc(C(F)(F)F)cc1)c1ccc(OCC(=O)N2CCCCC2)cc1. The molecular formula is C24H27F3N2O3. The van der Waals surface area contributed by atoms with E-state index in [4.69, 9.17) is 9.57 Å². The van der Waals surface area contributed by atoms with E-state index < -0.39 is 11.7 Å². The second-order valence-corrected chi connectivity index (χ2v) is 7.61. The minimum atomic E-state index is -4.36. The second kappa shape index (κ2) is 11.0. The van der Waals surface area contributed by atoms with E-state index in [0.29, 0.717) is 23.4 Å². The molecule has 0 bridgehead atoms. The molecule has 2 aromatic carbocycles. The molecule has 0 radical (unpaired) electrons. The third-order valence-corrected chi connectivity index (χ3v) is 5.28. The number of nitrogens with zero attached hydrogens (tertiary/aromatic N) is 2. The largest absolute Gasteiger partial charge is 0.484 e. The van der Waals surface area contributed by atoms with Crippen LogP contribution >= 0.6 is 0 Å². The van der Waals surface area contributed by atoms with Crippen LogP contribution < -0.4 is 4.74 Å². The van der Waals surface area contributed by atoms with Gasteiger partial charge >= 0.3 is 6.18 Å². The number of rotatable bonds is 8. The lowest BCUT2D eigenvalue weighted by Gasteiger charge is -2.26. The molecule has 1 heterocycles. The molecule has 1 aliphatic heterocycles. The van der Waals surface area contributed by atoms with E-state index in [2.05, 4.69) is 5.16 Å². The summed E-state index contributed by atoms with van der Waals surface area (Å²) in [6, 6.07) is 12.0. The van der Waals surface area contributed by atoms with Crippen LogP contribution in [0.1, 0.15) is 49.3 Å². The van der Waals surface area contributed by atoms with Crippen molar-refractivity contribution in [3.05, 3.63) is 65.2 Å². The van der Waals surface area contributed by atoms with Crippen LogP contribution in [-0.4, -0.2) is 36.2 Å². The first-order valence-electron chi connectivity index (χ1n) is 10.7. The number of hydrogen-bond donors (Lipinski definition) is 0. The number of amides is 1. The number of benzene rings is 2. The average molecular weight is 448 g/mol. The lowest BCUT2D eigenvalue weighted by Crippen LogP contribution is -2.38. The van der Waals surface area contributed by atoms with E-state index >= 15 is 0 Å². The van der Waals surface area contributed by atoms with Crippen LogP contribution in [0.25, 0.3) is 0 Å². The van der Waals surface area contributed by atoms with Crippen molar-refractivity contribution in [3.8, 4) is 5.75 Å². The van der Waals surface area contributed by atoms with Gasteiger partial charge in [-0.2, -0.15) is 13.2 Å². The number of hydrogen-bond acceptors (Lipinski definition) is 4. The Morgan fingerprint density at radius 1 is 1.00 bits per heavy atom. The average Bonchev–Trinajstić information content (AvgIpc) is 2.81. The fourth-order valence-electron chi connectivity index (χ4n) is 3.42. The molecule has 8 heteroatoms. The van der Waals surface area contributed by atoms with E-state index in [1.807, 2.05) is 24.0 Å². The Hall–Kier alpha value is -3.03. The number of alkyl halides is 3. The van der Waals surface area contributed by atoms with Gasteiger partial charge in [-0.1, -0.05) is 24.2 Å². The number of carbonyl (C=O) groups excluding carboxylic acids is 1. The van der Waals surface area contributed by atoms with Crippen LogP contribution in [-0.2, 0) is 22.4 Å². The molecule has 0 saturated carbocycles. The molecule has 0 aromatic heterocycles. The van der Waals surface area contributed by atoms with Crippen LogP contribution in [0, 0.1) is 0 Å². The maximum atomic E-state index is 12.6. The zero-order valence-electron chi connectivity index (χ0n) is 18.0. The quantitative estimate of drug-likeness (QED) is 0.400. The van der Waals surface area contributed by atoms with E-state index in [-0.39, 0.29) is 19.1 Å². The summed E-state index contributed by atoms with van der Waals surface area (Å²) in [6.07, 6.45) is -0.493. The summed E-state index contributed by atoms with van der Waals surface area (Å²) in [5.74, 6) is 0.599. The summed E-state index contributed by atoms with van der Waals surface area (Å²) in [6.45, 7) is 3.61. The third-order valence-electron chi connectivity index (χ3n) is 5.28. The summed E-state index contributed by atoms with van der Waals surface area (Å²) < 4.78 is 43.5. The molecule has 0 N–H and O–H groups in total. The number of halogens is 3. The van der Waals surface area contributed by atoms with Crippen molar-refractivity contribution in [1.82, 2.24) is 4.90 Å². The number of oxime groups is 1. The predicted molar refractivity (Wildman–Crippen MR) is 115 cm³/mol. The normalized spacial score (nSPS) is 14.9. The topological polar surface area (TPSA) is 51.1 Å². The van der Waals surface area contributed by atoms with Crippen LogP contribution in [0.3, 0.4) is 0 Å². The van der Waals surface area contributed by atoms with Gasteiger partial charge in [0.2, 0.25) is 0 Å². The number of carbonyl (C=O) groups is 1. The number of ether oxygens (including phenoxy) is 1. The van der Waals surface area contributed by atoms with Gasteiger partial charge in [-0.05, 0) is 73.2 Å². The van der Waals surface area contributed by atoms with Crippen molar-refractivity contribution >= 4 is 11.6 Å². The number of likely N-dealkylation sites (tertiary alicyclic amines) is 1. The number of piperidine rings is 1. The van der Waals surface area contributed by atoms with Crippen molar-refractivity contribution in [2.45, 2.75) is 45.4 Å². The van der Waals surface area contributed by atoms with Gasteiger partial charge < -0.3 is 14.5 Å². The van der Waals surface area contributed by atoms with Crippen LogP contribution in [0.4, 0.5) is 13.2 Å². The summed E-state index contributed by atoms with van der Waals surface area (Å²) in [7, 11) is 0. The minimum Gasteiger partial charge on any atom is -0.484 e. The molecule has 1 amide bonds. The molecule has 3 rings (SSSR count). The molecule has 2 aromatic rings. The smallest absolute Gasteiger partial charge is 0.416 e. The maximum Gasteiger partial charge on any atom is 0.416 e. The highest BCUT2D eigenvalue weighted by atomic mass is 19.4. The van der Waals surface area contributed by atoms with E-state index in [0.717, 1.165) is 43.6 Å². The standard InChI is InChI=1S/C24H27F3N2O3/c1-2-22(28-32-16-18-6-10-20(11-7-18)24(25,26)27)19-8-12-21(13-9-19)31-17-23(30)29-14-4-3-5-15-29/h6-13H,2-5,14-17H2,1H3/b28-22+. The first kappa shape index (κ1) is 23.6. The van der Waals surface area contributed by atoms with Gasteiger partial charge in [-0.25, -0.2) is 0 Å². The highest BCUT2D eigenvalue weighted by Gasteiger charge is 2.29.